The fourth-order valence-corrected chi connectivity index (χ4v) is 2.21. The van der Waals surface area contributed by atoms with Crippen LogP contribution in [0.3, 0.4) is 0 Å². The molecule has 2 nitrogen and oxygen atoms in total. The molecule has 0 spiro atoms. The van der Waals surface area contributed by atoms with Crippen LogP contribution in [-0.2, 0) is 11.2 Å². The van der Waals surface area contributed by atoms with Gasteiger partial charge in [0.1, 0.15) is 0 Å². The van der Waals surface area contributed by atoms with Gasteiger partial charge in [0.05, 0.1) is 16.5 Å². The molecular weight excluding hydrogens is 293 g/mol. The maximum Gasteiger partial charge on any atom is 0.224 e. The smallest absolute Gasteiger partial charge is 0.224 e. The molecule has 0 heterocycles. The highest BCUT2D eigenvalue weighted by molar-refractivity contribution is 6.42. The minimum absolute atomic E-state index is 0.0228. The Morgan fingerprint density at radius 1 is 1.33 bits per heavy atom. The van der Waals surface area contributed by atoms with Crippen molar-refractivity contribution in [2.24, 2.45) is 0 Å². The van der Waals surface area contributed by atoms with Gasteiger partial charge in [-0.1, -0.05) is 36.2 Å². The molecule has 1 unspecified atom stereocenters. The van der Waals surface area contributed by atoms with Crippen LogP contribution in [0, 0.1) is 0 Å². The van der Waals surface area contributed by atoms with E-state index in [9.17, 15) is 4.79 Å². The number of hydrogen-bond donors (Lipinski definition) is 1. The summed E-state index contributed by atoms with van der Waals surface area (Å²) in [4.78, 5) is 11.8. The molecule has 0 aliphatic rings. The van der Waals surface area contributed by atoms with Crippen molar-refractivity contribution in [3.8, 4) is 0 Å². The van der Waals surface area contributed by atoms with E-state index in [0.29, 0.717) is 22.3 Å². The summed E-state index contributed by atoms with van der Waals surface area (Å²) in [5.74, 6) is 0.524. The third-order valence-electron chi connectivity index (χ3n) is 2.66. The summed E-state index contributed by atoms with van der Waals surface area (Å²) >= 11 is 17.4. The molecule has 100 valence electrons. The largest absolute Gasteiger partial charge is 0.353 e. The van der Waals surface area contributed by atoms with Gasteiger partial charge >= 0.3 is 0 Å². The van der Waals surface area contributed by atoms with Crippen LogP contribution < -0.4 is 5.32 Å². The number of alkyl halides is 1. The normalized spacial score (nSPS) is 12.2. The second-order valence-corrected chi connectivity index (χ2v) is 5.27. The third-order valence-corrected chi connectivity index (χ3v) is 3.62. The predicted molar refractivity (Wildman–Crippen MR) is 77.7 cm³/mol. The monoisotopic (exact) mass is 307 g/mol. The molecule has 0 aliphatic carbocycles. The van der Waals surface area contributed by atoms with Crippen LogP contribution in [-0.4, -0.2) is 17.8 Å². The first-order valence-electron chi connectivity index (χ1n) is 5.86. The van der Waals surface area contributed by atoms with Gasteiger partial charge < -0.3 is 5.32 Å². The zero-order chi connectivity index (χ0) is 13.5. The Kier molecular flexibility index (Phi) is 6.83. The Hall–Kier alpha value is -0.440. The summed E-state index contributed by atoms with van der Waals surface area (Å²) in [7, 11) is 0. The quantitative estimate of drug-likeness (QED) is 0.789. The van der Waals surface area contributed by atoms with Crippen molar-refractivity contribution in [2.75, 3.05) is 5.88 Å². The highest BCUT2D eigenvalue weighted by atomic mass is 35.5. The molecule has 0 radical (unpaired) electrons. The predicted octanol–water partition coefficient (Wildman–Crippen LogP) is 4.06. The molecule has 1 rings (SSSR count). The second-order valence-electron chi connectivity index (χ2n) is 4.08. The molecule has 0 aliphatic heterocycles. The number of rotatable bonds is 6. The summed E-state index contributed by atoms with van der Waals surface area (Å²) in [6.07, 6.45) is 1.96. The topological polar surface area (TPSA) is 29.1 Å². The molecular formula is C13H16Cl3NO. The summed E-state index contributed by atoms with van der Waals surface area (Å²) in [5, 5.41) is 3.91. The molecule has 18 heavy (non-hydrogen) atoms. The lowest BCUT2D eigenvalue weighted by molar-refractivity contribution is -0.121. The zero-order valence-electron chi connectivity index (χ0n) is 10.2. The minimum atomic E-state index is -0.0228. The summed E-state index contributed by atoms with van der Waals surface area (Å²) in [5.41, 5.74) is 0.850. The molecule has 1 aromatic rings. The average Bonchev–Trinajstić information content (AvgIpc) is 2.33. The van der Waals surface area contributed by atoms with E-state index < -0.39 is 0 Å². The lowest BCUT2D eigenvalue weighted by atomic mass is 10.1. The van der Waals surface area contributed by atoms with E-state index in [0.717, 1.165) is 18.4 Å². The van der Waals surface area contributed by atoms with Gasteiger partial charge in [-0.25, -0.2) is 0 Å². The summed E-state index contributed by atoms with van der Waals surface area (Å²) < 4.78 is 0. The second kappa shape index (κ2) is 7.88. The number of carbonyl (C=O) groups excluding carboxylic acids is 1. The summed E-state index contributed by atoms with van der Waals surface area (Å²) in [6, 6.07) is 5.35. The van der Waals surface area contributed by atoms with Gasteiger partial charge in [-0.05, 0) is 30.5 Å². The maximum atomic E-state index is 11.8. The molecule has 1 atom stereocenters. The number of nitrogens with one attached hydrogen (secondary N) is 1. The van der Waals surface area contributed by atoms with Crippen molar-refractivity contribution in [3.05, 3.63) is 33.8 Å². The van der Waals surface area contributed by atoms with Crippen molar-refractivity contribution < 1.29 is 4.79 Å². The lowest BCUT2D eigenvalue weighted by Crippen LogP contribution is -2.35. The molecule has 0 aromatic heterocycles. The zero-order valence-corrected chi connectivity index (χ0v) is 12.4. The van der Waals surface area contributed by atoms with Gasteiger partial charge in [0.2, 0.25) is 5.91 Å². The third kappa shape index (κ3) is 5.05. The van der Waals surface area contributed by atoms with Crippen molar-refractivity contribution in [1.82, 2.24) is 5.32 Å². The van der Waals surface area contributed by atoms with E-state index >= 15 is 0 Å². The van der Waals surface area contributed by atoms with Crippen LogP contribution in [0.25, 0.3) is 0 Å². The van der Waals surface area contributed by atoms with Gasteiger partial charge in [0.25, 0.3) is 0 Å². The SMILES string of the molecule is CCC(CCCl)NC(=O)Cc1ccc(Cl)c(Cl)c1. The van der Waals surface area contributed by atoms with Crippen molar-refractivity contribution in [3.63, 3.8) is 0 Å². The Morgan fingerprint density at radius 3 is 2.61 bits per heavy atom. The van der Waals surface area contributed by atoms with E-state index in [1.807, 2.05) is 6.92 Å². The molecule has 0 fully saturated rings. The molecule has 1 amide bonds. The molecule has 5 heteroatoms. The fourth-order valence-electron chi connectivity index (χ4n) is 1.62. The molecule has 0 saturated heterocycles. The Balaban J connectivity index is 2.55. The van der Waals surface area contributed by atoms with Crippen LogP contribution in [0.2, 0.25) is 10.0 Å². The maximum absolute atomic E-state index is 11.8. The van der Waals surface area contributed by atoms with Gasteiger partial charge in [-0.15, -0.1) is 11.6 Å². The Morgan fingerprint density at radius 2 is 2.06 bits per heavy atom. The van der Waals surface area contributed by atoms with Crippen LogP contribution in [0.1, 0.15) is 25.3 Å². The van der Waals surface area contributed by atoms with Crippen LogP contribution >= 0.6 is 34.8 Å². The average molecular weight is 309 g/mol. The molecule has 0 saturated carbocycles. The van der Waals surface area contributed by atoms with E-state index in [4.69, 9.17) is 34.8 Å². The van der Waals surface area contributed by atoms with Gasteiger partial charge in [0, 0.05) is 11.9 Å². The van der Waals surface area contributed by atoms with Crippen molar-refractivity contribution in [1.29, 1.82) is 0 Å². The van der Waals surface area contributed by atoms with Crippen molar-refractivity contribution in [2.45, 2.75) is 32.2 Å². The molecule has 1 N–H and O–H groups in total. The van der Waals surface area contributed by atoms with Crippen LogP contribution in [0.5, 0.6) is 0 Å². The number of benzene rings is 1. The standard InChI is InChI=1S/C13H16Cl3NO/c1-2-10(5-6-14)17-13(18)8-9-3-4-11(15)12(16)7-9/h3-4,7,10H,2,5-6,8H2,1H3,(H,17,18). The van der Waals surface area contributed by atoms with Gasteiger partial charge in [-0.3, -0.25) is 4.79 Å². The first-order valence-corrected chi connectivity index (χ1v) is 7.15. The first-order chi connectivity index (χ1) is 8.56. The Bertz CT molecular complexity index is 409. The molecule has 0 bridgehead atoms. The van der Waals surface area contributed by atoms with Gasteiger partial charge in [-0.2, -0.15) is 0 Å². The highest BCUT2D eigenvalue weighted by Crippen LogP contribution is 2.22. The molecule has 1 aromatic carbocycles. The first kappa shape index (κ1) is 15.6. The minimum Gasteiger partial charge on any atom is -0.353 e. The number of hydrogen-bond acceptors (Lipinski definition) is 1. The van der Waals surface area contributed by atoms with E-state index in [1.54, 1.807) is 18.2 Å². The number of halogens is 3. The Labute approximate surface area is 123 Å². The number of carbonyl (C=O) groups is 1. The van der Waals surface area contributed by atoms with Crippen LogP contribution in [0.4, 0.5) is 0 Å². The fraction of sp³-hybridized carbons (Fsp3) is 0.462. The number of amides is 1. The van der Waals surface area contributed by atoms with Crippen LogP contribution in [0.15, 0.2) is 18.2 Å². The summed E-state index contributed by atoms with van der Waals surface area (Å²) in [6.45, 7) is 2.02. The van der Waals surface area contributed by atoms with E-state index in [2.05, 4.69) is 5.32 Å². The van der Waals surface area contributed by atoms with E-state index in [-0.39, 0.29) is 11.9 Å². The van der Waals surface area contributed by atoms with Crippen molar-refractivity contribution >= 4 is 40.7 Å². The lowest BCUT2D eigenvalue weighted by Gasteiger charge is -2.15. The highest BCUT2D eigenvalue weighted by Gasteiger charge is 2.11. The van der Waals surface area contributed by atoms with E-state index in [1.165, 1.54) is 0 Å². The van der Waals surface area contributed by atoms with Gasteiger partial charge in [0.15, 0.2) is 0 Å².